The van der Waals surface area contributed by atoms with Crippen molar-refractivity contribution in [2.45, 2.75) is 45.3 Å². The highest BCUT2D eigenvalue weighted by atomic mass is 19.1. The fourth-order valence-electron chi connectivity index (χ4n) is 1.88. The number of hydrogen-bond acceptors (Lipinski definition) is 2. The minimum absolute atomic E-state index is 0.359. The molecule has 1 aromatic rings. The molecule has 0 unspecified atom stereocenters. The summed E-state index contributed by atoms with van der Waals surface area (Å²) in [6, 6.07) is 9.76. The molecular formula is C15H20BFO2. The lowest BCUT2D eigenvalue weighted by molar-refractivity contribution is 0.00578. The van der Waals surface area contributed by atoms with Crippen molar-refractivity contribution in [2.24, 2.45) is 0 Å². The first-order valence-electron chi connectivity index (χ1n) is 6.57. The molecular weight excluding hydrogens is 242 g/mol. The molecule has 1 aliphatic heterocycles. The van der Waals surface area contributed by atoms with E-state index in [1.54, 1.807) is 0 Å². The van der Waals surface area contributed by atoms with Crippen LogP contribution in [0.2, 0.25) is 0 Å². The minimum Gasteiger partial charge on any atom is -0.398 e. The number of halogens is 1. The quantitative estimate of drug-likeness (QED) is 0.773. The molecule has 0 spiro atoms. The predicted octanol–water partition coefficient (Wildman–Crippen LogP) is 3.71. The highest BCUT2D eigenvalue weighted by Gasteiger charge is 2.52. The number of benzene rings is 1. The lowest BCUT2D eigenvalue weighted by atomic mass is 9.87. The maximum Gasteiger partial charge on any atom is 0.524 e. The van der Waals surface area contributed by atoms with Gasteiger partial charge in [0.15, 0.2) is 0 Å². The summed E-state index contributed by atoms with van der Waals surface area (Å²) in [5, 5.41) is 0. The van der Waals surface area contributed by atoms with Gasteiger partial charge < -0.3 is 9.31 Å². The Morgan fingerprint density at radius 2 is 1.63 bits per heavy atom. The largest absolute Gasteiger partial charge is 0.524 e. The summed E-state index contributed by atoms with van der Waals surface area (Å²) in [4.78, 5) is 0. The van der Waals surface area contributed by atoms with Crippen LogP contribution in [0.15, 0.2) is 42.1 Å². The standard InChI is InChI=1S/C15H20BFO2/c1-14(2)15(3,4)19-16(18-14)13(17)11-10-12-8-6-5-7-9-12/h5-9,11H,10H2,1-4H3. The number of hydrogen-bond donors (Lipinski definition) is 0. The second-order valence-electron chi connectivity index (χ2n) is 5.87. The van der Waals surface area contributed by atoms with Gasteiger partial charge in [-0.3, -0.25) is 0 Å². The lowest BCUT2D eigenvalue weighted by Gasteiger charge is -2.32. The Kier molecular flexibility index (Phi) is 3.84. The van der Waals surface area contributed by atoms with Crippen LogP contribution < -0.4 is 0 Å². The van der Waals surface area contributed by atoms with Gasteiger partial charge >= 0.3 is 7.12 Å². The minimum atomic E-state index is -0.895. The molecule has 1 fully saturated rings. The first-order chi connectivity index (χ1) is 8.82. The zero-order valence-electron chi connectivity index (χ0n) is 11.9. The Balaban J connectivity index is 2.04. The normalized spacial score (nSPS) is 21.7. The zero-order chi connectivity index (χ0) is 14.1. The van der Waals surface area contributed by atoms with Gasteiger partial charge in [-0.25, -0.2) is 4.39 Å². The Morgan fingerprint density at radius 3 is 2.16 bits per heavy atom. The van der Waals surface area contributed by atoms with Crippen molar-refractivity contribution >= 4 is 7.12 Å². The highest BCUT2D eigenvalue weighted by molar-refractivity contribution is 6.53. The van der Waals surface area contributed by atoms with Crippen LogP contribution in [0.3, 0.4) is 0 Å². The fraction of sp³-hybridized carbons (Fsp3) is 0.467. The van der Waals surface area contributed by atoms with E-state index < -0.39 is 18.3 Å². The zero-order valence-corrected chi connectivity index (χ0v) is 11.9. The Morgan fingerprint density at radius 1 is 1.11 bits per heavy atom. The first kappa shape index (κ1) is 14.3. The molecule has 0 saturated carbocycles. The van der Waals surface area contributed by atoms with E-state index >= 15 is 0 Å². The third-order valence-electron chi connectivity index (χ3n) is 3.85. The SMILES string of the molecule is CC1(C)OB(C(F)=CCc2ccccc2)OC1(C)C. The van der Waals surface area contributed by atoms with Crippen LogP contribution in [0.1, 0.15) is 33.3 Å². The maximum atomic E-state index is 14.1. The predicted molar refractivity (Wildman–Crippen MR) is 75.4 cm³/mol. The summed E-state index contributed by atoms with van der Waals surface area (Å²) in [5.41, 5.74) is -0.303. The molecule has 1 heterocycles. The average Bonchev–Trinajstić information content (AvgIpc) is 2.57. The number of rotatable bonds is 3. The second kappa shape index (κ2) is 5.10. The summed E-state index contributed by atoms with van der Waals surface area (Å²) in [7, 11) is -0.895. The van der Waals surface area contributed by atoms with E-state index in [0.717, 1.165) is 5.56 Å². The topological polar surface area (TPSA) is 18.5 Å². The Hall–Kier alpha value is -1.13. The van der Waals surface area contributed by atoms with Gasteiger partial charge in [0.1, 0.15) is 5.73 Å². The van der Waals surface area contributed by atoms with Crippen molar-refractivity contribution < 1.29 is 13.7 Å². The van der Waals surface area contributed by atoms with Crippen molar-refractivity contribution in [1.82, 2.24) is 0 Å². The summed E-state index contributed by atoms with van der Waals surface area (Å²) in [5.74, 6) is 0. The molecule has 4 heteroatoms. The van der Waals surface area contributed by atoms with Gasteiger partial charge in [-0.15, -0.1) is 0 Å². The molecule has 0 bridgehead atoms. The van der Waals surface area contributed by atoms with E-state index in [9.17, 15) is 4.39 Å². The molecule has 1 aliphatic rings. The summed E-state index contributed by atoms with van der Waals surface area (Å²) in [6.07, 6.45) is 2.06. The van der Waals surface area contributed by atoms with Gasteiger partial charge in [0.05, 0.1) is 11.2 Å². The molecule has 0 amide bonds. The van der Waals surface area contributed by atoms with Crippen molar-refractivity contribution in [1.29, 1.82) is 0 Å². The average molecular weight is 262 g/mol. The Labute approximate surface area is 114 Å². The maximum absolute atomic E-state index is 14.1. The van der Waals surface area contributed by atoms with Gasteiger partial charge in [0.2, 0.25) is 0 Å². The van der Waals surface area contributed by atoms with Crippen LogP contribution in [-0.2, 0) is 15.7 Å². The summed E-state index contributed by atoms with van der Waals surface area (Å²) in [6.45, 7) is 7.66. The van der Waals surface area contributed by atoms with Crippen molar-refractivity contribution in [3.63, 3.8) is 0 Å². The van der Waals surface area contributed by atoms with Crippen LogP contribution in [0.5, 0.6) is 0 Å². The molecule has 19 heavy (non-hydrogen) atoms. The second-order valence-corrected chi connectivity index (χ2v) is 5.87. The van der Waals surface area contributed by atoms with E-state index in [0.29, 0.717) is 6.42 Å². The molecule has 0 aromatic heterocycles. The van der Waals surface area contributed by atoms with Crippen molar-refractivity contribution in [2.75, 3.05) is 0 Å². The van der Waals surface area contributed by atoms with Crippen LogP contribution in [0.4, 0.5) is 4.39 Å². The van der Waals surface area contributed by atoms with Crippen LogP contribution in [-0.4, -0.2) is 18.3 Å². The highest BCUT2D eigenvalue weighted by Crippen LogP contribution is 2.38. The van der Waals surface area contributed by atoms with E-state index in [1.165, 1.54) is 6.08 Å². The fourth-order valence-corrected chi connectivity index (χ4v) is 1.88. The molecule has 102 valence electrons. The van der Waals surface area contributed by atoms with Gasteiger partial charge in [-0.2, -0.15) is 0 Å². The van der Waals surface area contributed by atoms with E-state index in [4.69, 9.17) is 9.31 Å². The third kappa shape index (κ3) is 3.07. The lowest BCUT2D eigenvalue weighted by Crippen LogP contribution is -2.41. The summed E-state index contributed by atoms with van der Waals surface area (Å²) < 4.78 is 25.4. The van der Waals surface area contributed by atoms with Crippen molar-refractivity contribution in [3.05, 3.63) is 47.7 Å². The van der Waals surface area contributed by atoms with Crippen LogP contribution in [0, 0.1) is 0 Å². The van der Waals surface area contributed by atoms with E-state index in [-0.39, 0.29) is 5.73 Å². The summed E-state index contributed by atoms with van der Waals surface area (Å²) >= 11 is 0. The van der Waals surface area contributed by atoms with Gasteiger partial charge in [-0.1, -0.05) is 36.4 Å². The van der Waals surface area contributed by atoms with Crippen LogP contribution in [0.25, 0.3) is 0 Å². The Bertz CT molecular complexity index is 452. The molecule has 0 N–H and O–H groups in total. The van der Waals surface area contributed by atoms with Crippen molar-refractivity contribution in [3.8, 4) is 0 Å². The molecule has 0 aliphatic carbocycles. The third-order valence-corrected chi connectivity index (χ3v) is 3.85. The van der Waals surface area contributed by atoms with E-state index in [1.807, 2.05) is 58.0 Å². The monoisotopic (exact) mass is 262 g/mol. The molecule has 2 nitrogen and oxygen atoms in total. The smallest absolute Gasteiger partial charge is 0.398 e. The van der Waals surface area contributed by atoms with Gasteiger partial charge in [0.25, 0.3) is 0 Å². The molecule has 2 rings (SSSR count). The van der Waals surface area contributed by atoms with Gasteiger partial charge in [-0.05, 0) is 39.7 Å². The van der Waals surface area contributed by atoms with Gasteiger partial charge in [0, 0.05) is 0 Å². The molecule has 1 aromatic carbocycles. The number of allylic oxidation sites excluding steroid dienone is 1. The first-order valence-corrected chi connectivity index (χ1v) is 6.57. The van der Waals surface area contributed by atoms with Crippen LogP contribution >= 0.6 is 0 Å². The molecule has 0 radical (unpaired) electrons. The van der Waals surface area contributed by atoms with E-state index in [2.05, 4.69) is 0 Å². The molecule has 1 saturated heterocycles. The molecule has 0 atom stereocenters.